The van der Waals surface area contributed by atoms with Crippen LogP contribution in [0.4, 0.5) is 0 Å². The van der Waals surface area contributed by atoms with Gasteiger partial charge in [0.25, 0.3) is 0 Å². The van der Waals surface area contributed by atoms with Crippen LogP contribution in [0.15, 0.2) is 18.2 Å². The second kappa shape index (κ2) is 5.40. The highest BCUT2D eigenvalue weighted by molar-refractivity contribution is 6.01. The molecule has 1 saturated heterocycles. The lowest BCUT2D eigenvalue weighted by molar-refractivity contribution is 0.0911. The summed E-state index contributed by atoms with van der Waals surface area (Å²) in [5, 5.41) is 3.29. The third-order valence-electron chi connectivity index (χ3n) is 3.54. The van der Waals surface area contributed by atoms with E-state index in [1.807, 2.05) is 6.92 Å². The predicted octanol–water partition coefficient (Wildman–Crippen LogP) is 1.88. The molecule has 0 saturated carbocycles. The fourth-order valence-corrected chi connectivity index (χ4v) is 2.42. The zero-order valence-electron chi connectivity index (χ0n) is 11.0. The molecule has 0 aliphatic carbocycles. The van der Waals surface area contributed by atoms with E-state index in [0.717, 1.165) is 13.0 Å². The fourth-order valence-electron chi connectivity index (χ4n) is 2.42. The number of ketones is 1. The van der Waals surface area contributed by atoms with E-state index < -0.39 is 0 Å². The van der Waals surface area contributed by atoms with Crippen molar-refractivity contribution < 1.29 is 14.3 Å². The van der Waals surface area contributed by atoms with E-state index in [9.17, 15) is 4.79 Å². The van der Waals surface area contributed by atoms with Crippen LogP contribution >= 0.6 is 0 Å². The summed E-state index contributed by atoms with van der Waals surface area (Å²) < 4.78 is 10.4. The van der Waals surface area contributed by atoms with Crippen molar-refractivity contribution in [2.75, 3.05) is 20.8 Å². The van der Waals surface area contributed by atoms with Gasteiger partial charge in [-0.2, -0.15) is 0 Å². The molecule has 4 nitrogen and oxygen atoms in total. The van der Waals surface area contributed by atoms with Gasteiger partial charge >= 0.3 is 0 Å². The fraction of sp³-hybridized carbons (Fsp3) is 0.500. The third kappa shape index (κ3) is 2.34. The van der Waals surface area contributed by atoms with Crippen molar-refractivity contribution in [1.29, 1.82) is 0 Å². The van der Waals surface area contributed by atoms with Gasteiger partial charge in [-0.3, -0.25) is 4.79 Å². The standard InChI is InChI=1S/C14H19NO3/c1-9-11(6-7-15-9)14(16)12-5-4-10(17-2)8-13(12)18-3/h4-5,8-9,11,15H,6-7H2,1-3H3. The van der Waals surface area contributed by atoms with Gasteiger partial charge in [-0.15, -0.1) is 0 Å². The van der Waals surface area contributed by atoms with Crippen molar-refractivity contribution in [3.63, 3.8) is 0 Å². The number of ether oxygens (including phenoxy) is 2. The number of carbonyl (C=O) groups is 1. The summed E-state index contributed by atoms with van der Waals surface area (Å²) in [6.07, 6.45) is 0.884. The van der Waals surface area contributed by atoms with E-state index in [0.29, 0.717) is 17.1 Å². The maximum absolute atomic E-state index is 12.5. The summed E-state index contributed by atoms with van der Waals surface area (Å²) in [5.41, 5.74) is 0.638. The second-order valence-electron chi connectivity index (χ2n) is 4.57. The Kier molecular flexibility index (Phi) is 3.87. The highest BCUT2D eigenvalue weighted by Crippen LogP contribution is 2.29. The molecule has 4 heteroatoms. The van der Waals surface area contributed by atoms with Gasteiger partial charge in [-0.25, -0.2) is 0 Å². The first-order valence-corrected chi connectivity index (χ1v) is 6.17. The SMILES string of the molecule is COc1ccc(C(=O)C2CCNC2C)c(OC)c1. The quantitative estimate of drug-likeness (QED) is 0.828. The molecule has 18 heavy (non-hydrogen) atoms. The summed E-state index contributed by atoms with van der Waals surface area (Å²) in [4.78, 5) is 12.5. The van der Waals surface area contributed by atoms with Gasteiger partial charge in [-0.05, 0) is 32.0 Å². The first kappa shape index (κ1) is 12.9. The molecule has 1 aliphatic heterocycles. The number of rotatable bonds is 4. The molecule has 1 heterocycles. The van der Waals surface area contributed by atoms with E-state index in [4.69, 9.17) is 9.47 Å². The molecule has 1 aromatic rings. The van der Waals surface area contributed by atoms with E-state index in [1.54, 1.807) is 32.4 Å². The first-order valence-electron chi connectivity index (χ1n) is 6.17. The number of Topliss-reactive ketones (excluding diaryl/α,β-unsaturated/α-hetero) is 1. The minimum atomic E-state index is 0.0345. The van der Waals surface area contributed by atoms with Gasteiger partial charge in [-0.1, -0.05) is 0 Å². The van der Waals surface area contributed by atoms with Crippen molar-refractivity contribution in [2.24, 2.45) is 5.92 Å². The Balaban J connectivity index is 2.29. The van der Waals surface area contributed by atoms with Crippen molar-refractivity contribution in [1.82, 2.24) is 5.32 Å². The number of hydrogen-bond donors (Lipinski definition) is 1. The van der Waals surface area contributed by atoms with Gasteiger partial charge in [0.1, 0.15) is 11.5 Å². The van der Waals surface area contributed by atoms with Crippen LogP contribution in [0.5, 0.6) is 11.5 Å². The Morgan fingerprint density at radius 2 is 2.11 bits per heavy atom. The number of methoxy groups -OCH3 is 2. The van der Waals surface area contributed by atoms with Crippen molar-refractivity contribution in [2.45, 2.75) is 19.4 Å². The molecule has 1 aliphatic rings. The van der Waals surface area contributed by atoms with E-state index in [1.165, 1.54) is 0 Å². The zero-order chi connectivity index (χ0) is 13.1. The van der Waals surface area contributed by atoms with Crippen LogP contribution < -0.4 is 14.8 Å². The Labute approximate surface area is 107 Å². The molecular formula is C14H19NO3. The van der Waals surface area contributed by atoms with Crippen molar-refractivity contribution in [3.8, 4) is 11.5 Å². The molecular weight excluding hydrogens is 230 g/mol. The Morgan fingerprint density at radius 3 is 2.67 bits per heavy atom. The van der Waals surface area contributed by atoms with Crippen LogP contribution in [-0.2, 0) is 0 Å². The Morgan fingerprint density at radius 1 is 1.33 bits per heavy atom. The summed E-state index contributed by atoms with van der Waals surface area (Å²) >= 11 is 0. The van der Waals surface area contributed by atoms with E-state index in [2.05, 4.69) is 5.32 Å². The monoisotopic (exact) mass is 249 g/mol. The van der Waals surface area contributed by atoms with Gasteiger partial charge < -0.3 is 14.8 Å². The van der Waals surface area contributed by atoms with E-state index >= 15 is 0 Å². The summed E-state index contributed by atoms with van der Waals surface area (Å²) in [7, 11) is 3.17. The molecule has 2 rings (SSSR count). The summed E-state index contributed by atoms with van der Waals surface area (Å²) in [6, 6.07) is 5.55. The van der Waals surface area contributed by atoms with Gasteiger partial charge in [0.2, 0.25) is 0 Å². The molecule has 2 unspecified atom stereocenters. The summed E-state index contributed by atoms with van der Waals surface area (Å²) in [6.45, 7) is 2.95. The zero-order valence-corrected chi connectivity index (χ0v) is 11.0. The Hall–Kier alpha value is -1.55. The molecule has 98 valence electrons. The van der Waals surface area contributed by atoms with Crippen LogP contribution in [0.2, 0.25) is 0 Å². The highest BCUT2D eigenvalue weighted by Gasteiger charge is 2.31. The van der Waals surface area contributed by atoms with Crippen LogP contribution in [0.25, 0.3) is 0 Å². The first-order chi connectivity index (χ1) is 8.67. The molecule has 0 spiro atoms. The predicted molar refractivity (Wildman–Crippen MR) is 69.4 cm³/mol. The summed E-state index contributed by atoms with van der Waals surface area (Å²) in [5.74, 6) is 1.46. The number of carbonyl (C=O) groups excluding carboxylic acids is 1. The minimum absolute atomic E-state index is 0.0345. The number of benzene rings is 1. The average molecular weight is 249 g/mol. The molecule has 1 fully saturated rings. The van der Waals surface area contributed by atoms with E-state index in [-0.39, 0.29) is 17.7 Å². The van der Waals surface area contributed by atoms with Crippen LogP contribution in [0.3, 0.4) is 0 Å². The van der Waals surface area contributed by atoms with Crippen molar-refractivity contribution >= 4 is 5.78 Å². The smallest absolute Gasteiger partial charge is 0.171 e. The lowest BCUT2D eigenvalue weighted by Crippen LogP contribution is -2.28. The molecule has 1 N–H and O–H groups in total. The average Bonchev–Trinajstić information content (AvgIpc) is 2.83. The topological polar surface area (TPSA) is 47.6 Å². The maximum Gasteiger partial charge on any atom is 0.171 e. The number of nitrogens with one attached hydrogen (secondary N) is 1. The molecule has 0 amide bonds. The van der Waals surface area contributed by atoms with Crippen LogP contribution in [-0.4, -0.2) is 32.6 Å². The van der Waals surface area contributed by atoms with Crippen LogP contribution in [0.1, 0.15) is 23.7 Å². The normalized spacial score (nSPS) is 22.8. The number of hydrogen-bond acceptors (Lipinski definition) is 4. The lowest BCUT2D eigenvalue weighted by atomic mass is 9.91. The van der Waals surface area contributed by atoms with Gasteiger partial charge in [0.05, 0.1) is 19.8 Å². The largest absolute Gasteiger partial charge is 0.497 e. The molecule has 2 atom stereocenters. The molecule has 0 bridgehead atoms. The second-order valence-corrected chi connectivity index (χ2v) is 4.57. The van der Waals surface area contributed by atoms with Gasteiger partial charge in [0.15, 0.2) is 5.78 Å². The van der Waals surface area contributed by atoms with Gasteiger partial charge in [0, 0.05) is 18.0 Å². The third-order valence-corrected chi connectivity index (χ3v) is 3.54. The minimum Gasteiger partial charge on any atom is -0.497 e. The maximum atomic E-state index is 12.5. The Bertz CT molecular complexity index is 445. The highest BCUT2D eigenvalue weighted by atomic mass is 16.5. The molecule has 0 aromatic heterocycles. The molecule has 1 aromatic carbocycles. The van der Waals surface area contributed by atoms with Crippen molar-refractivity contribution in [3.05, 3.63) is 23.8 Å². The lowest BCUT2D eigenvalue weighted by Gasteiger charge is -2.16. The molecule has 0 radical (unpaired) electrons. The van der Waals surface area contributed by atoms with Crippen LogP contribution in [0, 0.1) is 5.92 Å².